The monoisotopic (exact) mass is 374 g/mol. The number of hydrogen-bond acceptors (Lipinski definition) is 4. The smallest absolute Gasteiger partial charge is 0.251 e. The van der Waals surface area contributed by atoms with Crippen molar-refractivity contribution >= 4 is 5.91 Å². The molecule has 1 atom stereocenters. The molecule has 1 aromatic carbocycles. The molecule has 0 radical (unpaired) electrons. The van der Waals surface area contributed by atoms with Crippen molar-refractivity contribution in [3.05, 3.63) is 42.0 Å². The van der Waals surface area contributed by atoms with Crippen molar-refractivity contribution in [2.45, 2.75) is 51.7 Å². The van der Waals surface area contributed by atoms with Gasteiger partial charge in [0, 0.05) is 38.3 Å². The summed E-state index contributed by atoms with van der Waals surface area (Å²) in [4.78, 5) is 14.7. The highest BCUT2D eigenvalue weighted by Crippen LogP contribution is 2.22. The molecule has 1 saturated heterocycles. The molecule has 2 rings (SSSR count). The molecule has 0 aromatic heterocycles. The van der Waals surface area contributed by atoms with Gasteiger partial charge in [-0.25, -0.2) is 0 Å². The van der Waals surface area contributed by atoms with Crippen molar-refractivity contribution in [1.82, 2.24) is 10.2 Å². The van der Waals surface area contributed by atoms with E-state index in [-0.39, 0.29) is 12.0 Å². The summed E-state index contributed by atoms with van der Waals surface area (Å²) >= 11 is 0. The molecular weight excluding hydrogens is 340 g/mol. The number of likely N-dealkylation sites (tertiary alicyclic amines) is 1. The molecule has 1 N–H and O–H groups in total. The van der Waals surface area contributed by atoms with Gasteiger partial charge in [-0.05, 0) is 57.7 Å². The number of benzene rings is 1. The molecule has 5 heteroatoms. The van der Waals surface area contributed by atoms with Crippen LogP contribution in [0, 0.1) is 0 Å². The summed E-state index contributed by atoms with van der Waals surface area (Å²) in [6, 6.07) is 8.01. The third kappa shape index (κ3) is 7.35. The van der Waals surface area contributed by atoms with Crippen molar-refractivity contribution in [2.24, 2.45) is 0 Å². The molecule has 0 spiro atoms. The maximum atomic E-state index is 12.2. The van der Waals surface area contributed by atoms with Crippen LogP contribution in [0.25, 0.3) is 0 Å². The minimum atomic E-state index is -0.0985. The first-order valence-corrected chi connectivity index (χ1v) is 9.92. The number of ether oxygens (including phenoxy) is 2. The molecule has 1 fully saturated rings. The lowest BCUT2D eigenvalue weighted by molar-refractivity contribution is 0.0773. The zero-order valence-electron chi connectivity index (χ0n) is 17.0. The highest BCUT2D eigenvalue weighted by molar-refractivity contribution is 5.94. The van der Waals surface area contributed by atoms with E-state index in [0.29, 0.717) is 24.8 Å². The molecule has 0 bridgehead atoms. The Balaban J connectivity index is 1.80. The molecule has 150 valence electrons. The van der Waals surface area contributed by atoms with Gasteiger partial charge < -0.3 is 19.7 Å². The number of amides is 1. The minimum absolute atomic E-state index is 0.0985. The molecule has 1 heterocycles. The van der Waals surface area contributed by atoms with Gasteiger partial charge in [0.1, 0.15) is 11.9 Å². The Morgan fingerprint density at radius 1 is 1.37 bits per heavy atom. The average Bonchev–Trinajstić information content (AvgIpc) is 2.67. The van der Waals surface area contributed by atoms with E-state index in [2.05, 4.69) is 30.6 Å². The predicted molar refractivity (Wildman–Crippen MR) is 109 cm³/mol. The standard InChI is InChI=1S/C22H34N2O3/c1-17(2)8-9-18(3)24-13-10-20(11-14-24)27-21-7-5-6-19(16-21)22(25)23-12-15-26-4/h5-7,16,18,20H,1,8-15H2,2-4H3,(H,23,25). The van der Waals surface area contributed by atoms with Crippen LogP contribution in [-0.4, -0.2) is 56.3 Å². The van der Waals surface area contributed by atoms with E-state index in [1.54, 1.807) is 13.2 Å². The van der Waals surface area contributed by atoms with Crippen LogP contribution in [0.2, 0.25) is 0 Å². The number of rotatable bonds is 10. The third-order valence-corrected chi connectivity index (χ3v) is 5.08. The predicted octanol–water partition coefficient (Wildman–Crippen LogP) is 3.65. The summed E-state index contributed by atoms with van der Waals surface area (Å²) in [7, 11) is 1.62. The first-order valence-electron chi connectivity index (χ1n) is 9.92. The van der Waals surface area contributed by atoms with Crippen molar-refractivity contribution in [1.29, 1.82) is 0 Å². The van der Waals surface area contributed by atoms with E-state index < -0.39 is 0 Å². The minimum Gasteiger partial charge on any atom is -0.490 e. The maximum Gasteiger partial charge on any atom is 0.251 e. The lowest BCUT2D eigenvalue weighted by Crippen LogP contribution is -2.43. The number of carbonyl (C=O) groups is 1. The first kappa shape index (κ1) is 21.5. The van der Waals surface area contributed by atoms with Crippen LogP contribution >= 0.6 is 0 Å². The molecule has 1 aromatic rings. The maximum absolute atomic E-state index is 12.2. The lowest BCUT2D eigenvalue weighted by atomic mass is 10.0. The lowest BCUT2D eigenvalue weighted by Gasteiger charge is -2.36. The van der Waals surface area contributed by atoms with Crippen LogP contribution in [0.1, 0.15) is 49.9 Å². The summed E-state index contributed by atoms with van der Waals surface area (Å²) in [5, 5.41) is 2.84. The summed E-state index contributed by atoms with van der Waals surface area (Å²) in [5.74, 6) is 0.668. The fraction of sp³-hybridized carbons (Fsp3) is 0.591. The zero-order valence-corrected chi connectivity index (χ0v) is 17.0. The molecule has 5 nitrogen and oxygen atoms in total. The van der Waals surface area contributed by atoms with E-state index >= 15 is 0 Å². The van der Waals surface area contributed by atoms with Gasteiger partial charge in [-0.1, -0.05) is 11.6 Å². The van der Waals surface area contributed by atoms with Gasteiger partial charge >= 0.3 is 0 Å². The Morgan fingerprint density at radius 2 is 2.11 bits per heavy atom. The van der Waals surface area contributed by atoms with Gasteiger partial charge in [-0.3, -0.25) is 4.79 Å². The fourth-order valence-electron chi connectivity index (χ4n) is 3.34. The van der Waals surface area contributed by atoms with Crippen LogP contribution < -0.4 is 10.1 Å². The van der Waals surface area contributed by atoms with E-state index in [1.165, 1.54) is 12.0 Å². The fourth-order valence-corrected chi connectivity index (χ4v) is 3.34. The van der Waals surface area contributed by atoms with Crippen molar-refractivity contribution < 1.29 is 14.3 Å². The second kappa shape index (κ2) is 11.1. The van der Waals surface area contributed by atoms with E-state index in [1.807, 2.05) is 18.2 Å². The topological polar surface area (TPSA) is 50.8 Å². The molecule has 1 amide bonds. The molecule has 1 aliphatic heterocycles. The van der Waals surface area contributed by atoms with Gasteiger partial charge in [0.05, 0.1) is 6.61 Å². The van der Waals surface area contributed by atoms with Gasteiger partial charge in [0.15, 0.2) is 0 Å². The second-order valence-electron chi connectivity index (χ2n) is 7.47. The summed E-state index contributed by atoms with van der Waals surface area (Å²) in [5.41, 5.74) is 1.88. The van der Waals surface area contributed by atoms with Crippen molar-refractivity contribution in [3.63, 3.8) is 0 Å². The SMILES string of the molecule is C=C(C)CCC(C)N1CCC(Oc2cccc(C(=O)NCCOC)c2)CC1. The van der Waals surface area contributed by atoms with E-state index in [4.69, 9.17) is 9.47 Å². The highest BCUT2D eigenvalue weighted by atomic mass is 16.5. The molecule has 27 heavy (non-hydrogen) atoms. The number of methoxy groups -OCH3 is 1. The Labute approximate surface area is 163 Å². The third-order valence-electron chi connectivity index (χ3n) is 5.08. The largest absolute Gasteiger partial charge is 0.490 e. The number of piperidine rings is 1. The highest BCUT2D eigenvalue weighted by Gasteiger charge is 2.23. The van der Waals surface area contributed by atoms with Crippen LogP contribution in [0.15, 0.2) is 36.4 Å². The van der Waals surface area contributed by atoms with Crippen LogP contribution in [-0.2, 0) is 4.74 Å². The van der Waals surface area contributed by atoms with Gasteiger partial charge in [-0.2, -0.15) is 0 Å². The van der Waals surface area contributed by atoms with Crippen LogP contribution in [0.3, 0.4) is 0 Å². The van der Waals surface area contributed by atoms with Crippen molar-refractivity contribution in [3.8, 4) is 5.75 Å². The molecule has 0 saturated carbocycles. The van der Waals surface area contributed by atoms with Gasteiger partial charge in [-0.15, -0.1) is 6.58 Å². The van der Waals surface area contributed by atoms with Gasteiger partial charge in [0.2, 0.25) is 0 Å². The van der Waals surface area contributed by atoms with Crippen LogP contribution in [0.5, 0.6) is 5.75 Å². The zero-order chi connectivity index (χ0) is 19.6. The first-order chi connectivity index (χ1) is 13.0. The van der Waals surface area contributed by atoms with Crippen LogP contribution in [0.4, 0.5) is 0 Å². The number of nitrogens with zero attached hydrogens (tertiary/aromatic N) is 1. The molecule has 1 aliphatic rings. The van der Waals surface area contributed by atoms with E-state index in [0.717, 1.165) is 38.1 Å². The van der Waals surface area contributed by atoms with Crippen molar-refractivity contribution in [2.75, 3.05) is 33.4 Å². The number of carbonyl (C=O) groups excluding carboxylic acids is 1. The normalized spacial score (nSPS) is 16.7. The number of allylic oxidation sites excluding steroid dienone is 1. The summed E-state index contributed by atoms with van der Waals surface area (Å²) in [6.45, 7) is 11.5. The Kier molecular flexibility index (Phi) is 8.82. The van der Waals surface area contributed by atoms with Gasteiger partial charge in [0.25, 0.3) is 5.91 Å². The average molecular weight is 375 g/mol. The molecule has 1 unspecified atom stereocenters. The van der Waals surface area contributed by atoms with E-state index in [9.17, 15) is 4.79 Å². The molecular formula is C22H34N2O3. The Morgan fingerprint density at radius 3 is 2.78 bits per heavy atom. The Hall–Kier alpha value is -1.85. The molecule has 0 aliphatic carbocycles. The summed E-state index contributed by atoms with van der Waals surface area (Å²) < 4.78 is 11.1. The quantitative estimate of drug-likeness (QED) is 0.502. The summed E-state index contributed by atoms with van der Waals surface area (Å²) in [6.07, 6.45) is 4.50. The number of nitrogens with one attached hydrogen (secondary N) is 1. The number of hydrogen-bond donors (Lipinski definition) is 1. The second-order valence-corrected chi connectivity index (χ2v) is 7.47. The Bertz CT molecular complexity index is 609.